The number of carbonyl (C=O) groups excluding carboxylic acids is 1. The molecule has 4 heterocycles. The van der Waals surface area contributed by atoms with Crippen molar-refractivity contribution in [1.29, 1.82) is 0 Å². The number of anilines is 1. The maximum Gasteiger partial charge on any atom is 0.272 e. The number of nitrogens with one attached hydrogen (secondary N) is 1. The van der Waals surface area contributed by atoms with E-state index in [-0.39, 0.29) is 19.0 Å². The summed E-state index contributed by atoms with van der Waals surface area (Å²) in [4.78, 5) is 21.0. The van der Waals surface area contributed by atoms with Crippen LogP contribution in [-0.4, -0.2) is 74.6 Å². The third-order valence-electron chi connectivity index (χ3n) is 5.09. The Balaban J connectivity index is 1.58. The summed E-state index contributed by atoms with van der Waals surface area (Å²) < 4.78 is 0. The zero-order valence-corrected chi connectivity index (χ0v) is 14.1. The molecule has 0 bridgehead atoms. The topological polar surface area (TPSA) is 106 Å². The van der Waals surface area contributed by atoms with Crippen molar-refractivity contribution in [2.24, 2.45) is 0 Å². The number of aromatic nitrogens is 3. The van der Waals surface area contributed by atoms with Crippen LogP contribution in [0.2, 0.25) is 0 Å². The Morgan fingerprint density at radius 2 is 1.76 bits per heavy atom. The van der Waals surface area contributed by atoms with Gasteiger partial charge in [0.25, 0.3) is 5.91 Å². The normalized spacial score (nSPS) is 24.7. The van der Waals surface area contributed by atoms with Gasteiger partial charge in [-0.3, -0.25) is 9.89 Å². The number of amides is 1. The van der Waals surface area contributed by atoms with Crippen LogP contribution in [0.3, 0.4) is 0 Å². The molecule has 8 nitrogen and oxygen atoms in total. The molecule has 8 heteroatoms. The SMILES string of the molecule is O=C(c1[nH]nc2nc(N3CCCCCC3)ccc12)N1CC(O)C(O)C1. The molecule has 0 saturated carbocycles. The highest BCUT2D eigenvalue weighted by Crippen LogP contribution is 2.23. The highest BCUT2D eigenvalue weighted by molar-refractivity contribution is 6.04. The molecular formula is C17H23N5O3. The van der Waals surface area contributed by atoms with Gasteiger partial charge in [0, 0.05) is 26.2 Å². The van der Waals surface area contributed by atoms with Crippen LogP contribution in [0.25, 0.3) is 11.0 Å². The van der Waals surface area contributed by atoms with Gasteiger partial charge < -0.3 is 20.0 Å². The highest BCUT2D eigenvalue weighted by Gasteiger charge is 2.34. The van der Waals surface area contributed by atoms with E-state index >= 15 is 0 Å². The molecule has 0 radical (unpaired) electrons. The van der Waals surface area contributed by atoms with Gasteiger partial charge in [0.2, 0.25) is 0 Å². The number of hydrogen-bond donors (Lipinski definition) is 3. The van der Waals surface area contributed by atoms with E-state index in [1.165, 1.54) is 30.6 Å². The molecule has 2 aliphatic rings. The van der Waals surface area contributed by atoms with Gasteiger partial charge in [-0.15, -0.1) is 0 Å². The van der Waals surface area contributed by atoms with Crippen LogP contribution in [0.4, 0.5) is 5.82 Å². The molecular weight excluding hydrogens is 322 g/mol. The molecule has 4 rings (SSSR count). The van der Waals surface area contributed by atoms with E-state index in [1.807, 2.05) is 12.1 Å². The second kappa shape index (κ2) is 6.61. The Morgan fingerprint density at radius 1 is 1.08 bits per heavy atom. The summed E-state index contributed by atoms with van der Waals surface area (Å²) in [6.45, 7) is 2.25. The summed E-state index contributed by atoms with van der Waals surface area (Å²) in [5, 5.41) is 26.9. The van der Waals surface area contributed by atoms with Crippen LogP contribution < -0.4 is 4.90 Å². The van der Waals surface area contributed by atoms with Gasteiger partial charge in [0.05, 0.1) is 17.6 Å². The molecule has 0 aliphatic carbocycles. The quantitative estimate of drug-likeness (QED) is 0.733. The van der Waals surface area contributed by atoms with E-state index in [4.69, 9.17) is 0 Å². The van der Waals surface area contributed by atoms with Crippen molar-refractivity contribution >= 4 is 22.8 Å². The summed E-state index contributed by atoms with van der Waals surface area (Å²) >= 11 is 0. The molecule has 3 N–H and O–H groups in total. The number of aliphatic hydroxyl groups excluding tert-OH is 2. The molecule has 0 aromatic carbocycles. The van der Waals surface area contributed by atoms with E-state index in [9.17, 15) is 15.0 Å². The number of likely N-dealkylation sites (tertiary alicyclic amines) is 1. The van der Waals surface area contributed by atoms with Crippen LogP contribution in [0.5, 0.6) is 0 Å². The Labute approximate surface area is 145 Å². The highest BCUT2D eigenvalue weighted by atomic mass is 16.3. The Morgan fingerprint density at radius 3 is 2.44 bits per heavy atom. The number of H-pyrrole nitrogens is 1. The summed E-state index contributed by atoms with van der Waals surface area (Å²) in [6, 6.07) is 3.82. The summed E-state index contributed by atoms with van der Waals surface area (Å²) in [7, 11) is 0. The minimum Gasteiger partial charge on any atom is -0.388 e. The minimum absolute atomic E-state index is 0.125. The van der Waals surface area contributed by atoms with Gasteiger partial charge in [-0.05, 0) is 25.0 Å². The average molecular weight is 345 g/mol. The van der Waals surface area contributed by atoms with Gasteiger partial charge in [0.15, 0.2) is 5.65 Å². The lowest BCUT2D eigenvalue weighted by atomic mass is 10.2. The molecule has 134 valence electrons. The number of carbonyl (C=O) groups is 1. The Kier molecular flexibility index (Phi) is 4.30. The largest absolute Gasteiger partial charge is 0.388 e. The third-order valence-corrected chi connectivity index (χ3v) is 5.09. The summed E-state index contributed by atoms with van der Waals surface area (Å²) in [6.07, 6.45) is 3.06. The predicted octanol–water partition coefficient (Wildman–Crippen LogP) is 0.516. The number of pyridine rings is 1. The van der Waals surface area contributed by atoms with E-state index in [2.05, 4.69) is 20.1 Å². The lowest BCUT2D eigenvalue weighted by Gasteiger charge is -2.21. The number of β-amino-alcohol motifs (C(OH)–C–C–N with tert-alkyl or cyclic N) is 2. The first-order valence-corrected chi connectivity index (χ1v) is 8.89. The van der Waals surface area contributed by atoms with Gasteiger partial charge in [-0.1, -0.05) is 12.8 Å². The van der Waals surface area contributed by atoms with Crippen LogP contribution in [0.15, 0.2) is 12.1 Å². The number of fused-ring (bicyclic) bond motifs is 1. The first kappa shape index (κ1) is 16.3. The monoisotopic (exact) mass is 345 g/mol. The van der Waals surface area contributed by atoms with Crippen molar-refractivity contribution in [3.05, 3.63) is 17.8 Å². The lowest BCUT2D eigenvalue weighted by molar-refractivity contribution is 0.0572. The smallest absolute Gasteiger partial charge is 0.272 e. The Bertz CT molecular complexity index is 759. The van der Waals surface area contributed by atoms with Gasteiger partial charge >= 0.3 is 0 Å². The van der Waals surface area contributed by atoms with Crippen molar-refractivity contribution in [2.75, 3.05) is 31.1 Å². The predicted molar refractivity (Wildman–Crippen MR) is 92.5 cm³/mol. The van der Waals surface area contributed by atoms with E-state index in [0.29, 0.717) is 16.7 Å². The van der Waals surface area contributed by atoms with E-state index in [1.54, 1.807) is 0 Å². The van der Waals surface area contributed by atoms with Crippen LogP contribution >= 0.6 is 0 Å². The third kappa shape index (κ3) is 3.07. The fraction of sp³-hybridized carbons (Fsp3) is 0.588. The van der Waals surface area contributed by atoms with Crippen molar-refractivity contribution in [2.45, 2.75) is 37.9 Å². The maximum atomic E-state index is 12.6. The fourth-order valence-electron chi connectivity index (χ4n) is 3.62. The lowest BCUT2D eigenvalue weighted by Crippen LogP contribution is -2.30. The Hall–Kier alpha value is -2.19. The number of nitrogens with zero attached hydrogens (tertiary/aromatic N) is 4. The number of aromatic amines is 1. The number of hydrogen-bond acceptors (Lipinski definition) is 6. The molecule has 2 unspecified atom stereocenters. The zero-order chi connectivity index (χ0) is 17.4. The van der Waals surface area contributed by atoms with Gasteiger partial charge in [0.1, 0.15) is 11.5 Å². The molecule has 2 aromatic rings. The van der Waals surface area contributed by atoms with Gasteiger partial charge in [-0.2, -0.15) is 5.10 Å². The molecule has 0 spiro atoms. The number of aliphatic hydroxyl groups is 2. The molecule has 2 saturated heterocycles. The number of rotatable bonds is 2. The van der Waals surface area contributed by atoms with Crippen LogP contribution in [0, 0.1) is 0 Å². The molecule has 1 amide bonds. The van der Waals surface area contributed by atoms with Gasteiger partial charge in [-0.25, -0.2) is 4.98 Å². The van der Waals surface area contributed by atoms with Crippen molar-refractivity contribution in [3.8, 4) is 0 Å². The molecule has 2 aromatic heterocycles. The average Bonchev–Trinajstić information content (AvgIpc) is 3.06. The minimum atomic E-state index is -0.897. The molecule has 2 fully saturated rings. The summed E-state index contributed by atoms with van der Waals surface area (Å²) in [5.41, 5.74) is 0.872. The van der Waals surface area contributed by atoms with E-state index in [0.717, 1.165) is 18.9 Å². The molecule has 2 atom stereocenters. The van der Waals surface area contributed by atoms with Crippen LogP contribution in [-0.2, 0) is 0 Å². The van der Waals surface area contributed by atoms with Crippen molar-refractivity contribution in [3.63, 3.8) is 0 Å². The standard InChI is InChI=1S/C17H23N5O3/c23-12-9-22(10-13(12)24)17(25)15-11-5-6-14(18-16(11)20-19-15)21-7-3-1-2-4-8-21/h5-6,12-13,23-24H,1-4,7-10H2,(H,18,19,20). The molecule has 2 aliphatic heterocycles. The molecule has 25 heavy (non-hydrogen) atoms. The van der Waals surface area contributed by atoms with Crippen molar-refractivity contribution < 1.29 is 15.0 Å². The second-order valence-electron chi connectivity index (χ2n) is 6.89. The van der Waals surface area contributed by atoms with Crippen LogP contribution in [0.1, 0.15) is 36.2 Å². The second-order valence-corrected chi connectivity index (χ2v) is 6.89. The van der Waals surface area contributed by atoms with E-state index < -0.39 is 12.2 Å². The fourth-order valence-corrected chi connectivity index (χ4v) is 3.62. The first-order chi connectivity index (χ1) is 12.1. The summed E-state index contributed by atoms with van der Waals surface area (Å²) in [5.74, 6) is 0.620. The maximum absolute atomic E-state index is 12.6. The zero-order valence-electron chi connectivity index (χ0n) is 14.1. The first-order valence-electron chi connectivity index (χ1n) is 8.89. The van der Waals surface area contributed by atoms with Crippen molar-refractivity contribution in [1.82, 2.24) is 20.1 Å².